The van der Waals surface area contributed by atoms with Crippen LogP contribution in [0, 0.1) is 11.3 Å². The Hall–Kier alpha value is -1.51. The van der Waals surface area contributed by atoms with Crippen molar-refractivity contribution in [3.8, 4) is 11.8 Å². The molecule has 0 spiro atoms. The number of ketones is 1. The van der Waals surface area contributed by atoms with Crippen molar-refractivity contribution in [2.24, 2.45) is 10.2 Å². The Bertz CT molecular complexity index is 1050. The number of benzene rings is 2. The average Bonchev–Trinajstić information content (AvgIpc) is 2.63. The molecule has 0 saturated heterocycles. The van der Waals surface area contributed by atoms with E-state index in [9.17, 15) is 23.0 Å². The number of azo groups is 1. The van der Waals surface area contributed by atoms with Crippen molar-refractivity contribution >= 4 is 44.8 Å². The van der Waals surface area contributed by atoms with E-state index < -0.39 is 31.9 Å². The van der Waals surface area contributed by atoms with Gasteiger partial charge in [-0.15, -0.1) is 0 Å². The summed E-state index contributed by atoms with van der Waals surface area (Å²) in [5.74, 6) is -0.0681. The Labute approximate surface area is 193 Å². The van der Waals surface area contributed by atoms with Crippen LogP contribution >= 0.6 is 23.2 Å². The van der Waals surface area contributed by atoms with Crippen LogP contribution in [0.1, 0.15) is 10.4 Å². The van der Waals surface area contributed by atoms with Crippen LogP contribution in [0.3, 0.4) is 0 Å². The van der Waals surface area contributed by atoms with Crippen LogP contribution in [0.2, 0.25) is 10.0 Å². The smallest absolute Gasteiger partial charge is 0.744 e. The van der Waals surface area contributed by atoms with Crippen molar-refractivity contribution in [2.45, 2.75) is 10.9 Å². The molecule has 0 bridgehead atoms. The van der Waals surface area contributed by atoms with E-state index in [0.717, 1.165) is 12.1 Å². The van der Waals surface area contributed by atoms with Gasteiger partial charge in [-0.25, -0.2) is 8.42 Å². The van der Waals surface area contributed by atoms with Crippen molar-refractivity contribution < 1.29 is 52.1 Å². The maximum atomic E-state index is 12.3. The number of carbonyl (C=O) groups is 1. The van der Waals surface area contributed by atoms with Crippen molar-refractivity contribution in [3.05, 3.63) is 52.0 Å². The summed E-state index contributed by atoms with van der Waals surface area (Å²) in [4.78, 5) is 11.6. The second-order valence-electron chi connectivity index (χ2n) is 5.03. The number of hydrogen-bond acceptors (Lipinski definition) is 8. The Morgan fingerprint density at radius 3 is 2.32 bits per heavy atom. The minimum absolute atomic E-state index is 0. The predicted molar refractivity (Wildman–Crippen MR) is 95.7 cm³/mol. The molecule has 0 fully saturated rings. The number of halogens is 2. The predicted octanol–water partition coefficient (Wildman–Crippen LogP) is 0.769. The fourth-order valence-electron chi connectivity index (χ4n) is 1.96. The van der Waals surface area contributed by atoms with E-state index in [-0.39, 0.29) is 45.8 Å². The fraction of sp³-hybridized carbons (Fsp3) is 0.125. The Kier molecular flexibility index (Phi) is 9.04. The van der Waals surface area contributed by atoms with Gasteiger partial charge in [0.2, 0.25) is 11.8 Å². The monoisotopic (exact) mass is 449 g/mol. The maximum Gasteiger partial charge on any atom is 1.00 e. The van der Waals surface area contributed by atoms with Crippen molar-refractivity contribution in [3.63, 3.8) is 0 Å². The minimum atomic E-state index is -4.82. The second kappa shape index (κ2) is 10.3. The first-order valence-electron chi connectivity index (χ1n) is 7.11. The van der Waals surface area contributed by atoms with Crippen LogP contribution < -0.4 is 34.3 Å². The van der Waals surface area contributed by atoms with Gasteiger partial charge in [-0.3, -0.25) is 4.79 Å². The third kappa shape index (κ3) is 5.99. The molecule has 0 aliphatic carbocycles. The van der Waals surface area contributed by atoms with E-state index in [1.807, 2.05) is 0 Å². The first kappa shape index (κ1) is 24.5. The number of carbonyl (C=O) groups excluding carboxylic acids is 1. The molecule has 0 heterocycles. The number of ether oxygens (including phenoxy) is 1. The number of nitriles is 1. The average molecular weight is 450 g/mol. The van der Waals surface area contributed by atoms with E-state index in [0.29, 0.717) is 5.75 Å². The molecule has 12 heteroatoms. The SMILES string of the molecule is COc1ccc(C(=O)C(C#N)N=Nc2cc(Cl)c(S(=O)(=O)[O-])cc2Cl)cc1.[Na+]. The molecule has 28 heavy (non-hydrogen) atoms. The number of Topliss-reactive ketones (excluding diaryl/α,β-unsaturated/α-hetero) is 1. The summed E-state index contributed by atoms with van der Waals surface area (Å²) in [6.45, 7) is 0. The van der Waals surface area contributed by atoms with Crippen molar-refractivity contribution in [1.29, 1.82) is 5.26 Å². The van der Waals surface area contributed by atoms with Crippen molar-refractivity contribution in [2.75, 3.05) is 7.11 Å². The van der Waals surface area contributed by atoms with Crippen LogP contribution in [0.5, 0.6) is 5.75 Å². The van der Waals surface area contributed by atoms with E-state index in [2.05, 4.69) is 10.2 Å². The molecule has 140 valence electrons. The zero-order valence-electron chi connectivity index (χ0n) is 14.6. The Balaban J connectivity index is 0.00000392. The quantitative estimate of drug-likeness (QED) is 0.276. The summed E-state index contributed by atoms with van der Waals surface area (Å²) in [5.41, 5.74) is 0.120. The van der Waals surface area contributed by atoms with Gasteiger partial charge in [0.05, 0.1) is 28.1 Å². The van der Waals surface area contributed by atoms with Gasteiger partial charge in [0, 0.05) is 5.56 Å². The van der Waals surface area contributed by atoms with Crippen molar-refractivity contribution in [1.82, 2.24) is 0 Å². The molecule has 8 nitrogen and oxygen atoms in total. The molecule has 1 unspecified atom stereocenters. The largest absolute Gasteiger partial charge is 1.00 e. The van der Waals surface area contributed by atoms with Crippen LogP contribution in [0.4, 0.5) is 5.69 Å². The molecule has 0 aliphatic rings. The first-order chi connectivity index (χ1) is 12.7. The van der Waals surface area contributed by atoms with Crippen LogP contribution in [-0.2, 0) is 10.1 Å². The molecular weight excluding hydrogens is 440 g/mol. The molecular formula is C16H10Cl2N3NaO5S. The molecule has 0 N–H and O–H groups in total. The summed E-state index contributed by atoms with van der Waals surface area (Å²) in [6.07, 6.45) is 0. The maximum absolute atomic E-state index is 12.3. The van der Waals surface area contributed by atoms with E-state index in [1.165, 1.54) is 19.2 Å². The van der Waals surface area contributed by atoms with Gasteiger partial charge in [-0.2, -0.15) is 15.5 Å². The van der Waals surface area contributed by atoms with Gasteiger partial charge < -0.3 is 9.29 Å². The summed E-state index contributed by atoms with van der Waals surface area (Å²) in [7, 11) is -3.35. The standard InChI is InChI=1S/C16H11Cl2N3O5S.Na/c1-26-10-4-2-9(3-5-10)16(22)14(8-19)21-20-13-6-12(18)15(7-11(13)17)27(23,24)25;/h2-7,14H,1H3,(H,23,24,25);/q;+1/p-1. The van der Waals surface area contributed by atoms with Gasteiger partial charge in [-0.05, 0) is 36.4 Å². The van der Waals surface area contributed by atoms with E-state index in [4.69, 9.17) is 27.9 Å². The Morgan fingerprint density at radius 1 is 1.21 bits per heavy atom. The van der Waals surface area contributed by atoms with Gasteiger partial charge >= 0.3 is 29.6 Å². The van der Waals surface area contributed by atoms with Gasteiger partial charge in [0.25, 0.3) is 0 Å². The molecule has 0 aromatic heterocycles. The second-order valence-corrected chi connectivity index (χ2v) is 7.19. The third-order valence-electron chi connectivity index (χ3n) is 3.30. The molecule has 0 radical (unpaired) electrons. The Morgan fingerprint density at radius 2 is 1.82 bits per heavy atom. The number of hydrogen-bond donors (Lipinski definition) is 0. The number of methoxy groups -OCH3 is 1. The zero-order chi connectivity index (χ0) is 20.2. The summed E-state index contributed by atoms with van der Waals surface area (Å²) < 4.78 is 38.2. The topological polar surface area (TPSA) is 132 Å². The molecule has 2 aromatic carbocycles. The van der Waals surface area contributed by atoms with E-state index in [1.54, 1.807) is 18.2 Å². The number of nitrogens with zero attached hydrogens (tertiary/aromatic N) is 3. The summed E-state index contributed by atoms with van der Waals surface area (Å²) in [5, 5.41) is 15.9. The molecule has 0 aliphatic heterocycles. The first-order valence-corrected chi connectivity index (χ1v) is 9.27. The van der Waals surface area contributed by atoms with E-state index >= 15 is 0 Å². The summed E-state index contributed by atoms with van der Waals surface area (Å²) >= 11 is 11.6. The number of rotatable bonds is 6. The zero-order valence-corrected chi connectivity index (χ0v) is 18.9. The van der Waals surface area contributed by atoms with Crippen LogP contribution in [-0.4, -0.2) is 31.9 Å². The molecule has 2 rings (SSSR count). The van der Waals surface area contributed by atoms with Crippen LogP contribution in [0.25, 0.3) is 0 Å². The van der Waals surface area contributed by atoms with Crippen LogP contribution in [0.15, 0.2) is 51.5 Å². The normalized spacial score (nSPS) is 12.1. The molecule has 1 atom stereocenters. The minimum Gasteiger partial charge on any atom is -0.744 e. The summed E-state index contributed by atoms with van der Waals surface area (Å²) in [6, 6.07) is 8.12. The molecule has 0 saturated carbocycles. The van der Waals surface area contributed by atoms with Gasteiger partial charge in [0.15, 0.2) is 0 Å². The van der Waals surface area contributed by atoms with Gasteiger partial charge in [0.1, 0.15) is 21.6 Å². The van der Waals surface area contributed by atoms with Gasteiger partial charge in [-0.1, -0.05) is 23.2 Å². The molecule has 2 aromatic rings. The fourth-order valence-corrected chi connectivity index (χ4v) is 3.22. The molecule has 0 amide bonds. The third-order valence-corrected chi connectivity index (χ3v) is 4.90.